The molecule has 108 valence electrons. The summed E-state index contributed by atoms with van der Waals surface area (Å²) in [5.74, 6) is -0.550. The molecule has 0 aromatic heterocycles. The lowest BCUT2D eigenvalue weighted by Crippen LogP contribution is -2.19. The molecule has 0 unspecified atom stereocenters. The normalized spacial score (nSPS) is 10.0. The molecule has 0 atom stereocenters. The first-order valence-corrected chi connectivity index (χ1v) is 6.52. The topological polar surface area (TPSA) is 67.2 Å². The Morgan fingerprint density at radius 1 is 1.24 bits per heavy atom. The number of anilines is 2. The van der Waals surface area contributed by atoms with Gasteiger partial charge in [-0.05, 0) is 36.5 Å². The molecule has 2 rings (SSSR count). The summed E-state index contributed by atoms with van der Waals surface area (Å²) in [5, 5.41) is 16.5. The van der Waals surface area contributed by atoms with Gasteiger partial charge in [0.15, 0.2) is 5.11 Å². The monoisotopic (exact) mass is 325 g/mol. The van der Waals surface area contributed by atoms with Crippen LogP contribution in [-0.4, -0.2) is 10.0 Å². The van der Waals surface area contributed by atoms with Gasteiger partial charge in [-0.25, -0.2) is 4.39 Å². The van der Waals surface area contributed by atoms with E-state index in [0.29, 0.717) is 5.69 Å². The molecule has 0 amide bonds. The zero-order valence-electron chi connectivity index (χ0n) is 10.5. The van der Waals surface area contributed by atoms with Crippen LogP contribution in [0.5, 0.6) is 0 Å². The van der Waals surface area contributed by atoms with E-state index in [1.165, 1.54) is 30.3 Å². The maximum atomic E-state index is 13.6. The second kappa shape index (κ2) is 6.47. The molecule has 2 aromatic rings. The Hall–Kier alpha value is -2.25. The third kappa shape index (κ3) is 4.11. The van der Waals surface area contributed by atoms with Crippen molar-refractivity contribution in [3.8, 4) is 0 Å². The van der Waals surface area contributed by atoms with E-state index in [-0.39, 0.29) is 21.5 Å². The number of non-ortho nitro benzene ring substituents is 1. The second-order valence-electron chi connectivity index (χ2n) is 4.01. The number of hydrogen-bond donors (Lipinski definition) is 2. The van der Waals surface area contributed by atoms with E-state index in [1.54, 1.807) is 6.07 Å². The van der Waals surface area contributed by atoms with Crippen LogP contribution in [0.15, 0.2) is 42.5 Å². The van der Waals surface area contributed by atoms with Crippen molar-refractivity contribution in [2.75, 3.05) is 10.6 Å². The molecule has 0 bridgehead atoms. The number of hydrogen-bond acceptors (Lipinski definition) is 3. The number of benzene rings is 2. The minimum atomic E-state index is -0.550. The zero-order valence-corrected chi connectivity index (χ0v) is 12.0. The summed E-state index contributed by atoms with van der Waals surface area (Å²) in [7, 11) is 0. The van der Waals surface area contributed by atoms with Crippen LogP contribution in [0.1, 0.15) is 0 Å². The van der Waals surface area contributed by atoms with Gasteiger partial charge in [-0.15, -0.1) is 0 Å². The third-order valence-corrected chi connectivity index (χ3v) is 2.93. The summed E-state index contributed by atoms with van der Waals surface area (Å²) in [6.07, 6.45) is 0. The second-order valence-corrected chi connectivity index (χ2v) is 4.86. The first kappa shape index (κ1) is 15.1. The van der Waals surface area contributed by atoms with Crippen molar-refractivity contribution in [2.24, 2.45) is 0 Å². The Morgan fingerprint density at radius 3 is 2.67 bits per heavy atom. The Morgan fingerprint density at radius 2 is 2.00 bits per heavy atom. The fourth-order valence-corrected chi connectivity index (χ4v) is 1.96. The van der Waals surface area contributed by atoms with Crippen LogP contribution in [0.3, 0.4) is 0 Å². The van der Waals surface area contributed by atoms with E-state index in [9.17, 15) is 14.5 Å². The number of thiocarbonyl (C=S) groups is 1. The Labute approximate surface area is 129 Å². The average Bonchev–Trinajstić information content (AvgIpc) is 2.42. The highest BCUT2D eigenvalue weighted by molar-refractivity contribution is 7.80. The van der Waals surface area contributed by atoms with Gasteiger partial charge in [0, 0.05) is 22.8 Å². The van der Waals surface area contributed by atoms with Crippen molar-refractivity contribution < 1.29 is 9.31 Å². The molecule has 0 saturated carbocycles. The molecular formula is C13H9ClFN3O2S. The zero-order chi connectivity index (χ0) is 15.4. The molecule has 5 nitrogen and oxygen atoms in total. The molecule has 0 aliphatic heterocycles. The lowest BCUT2D eigenvalue weighted by Gasteiger charge is -2.11. The fraction of sp³-hybridized carbons (Fsp3) is 0. The van der Waals surface area contributed by atoms with Gasteiger partial charge in [0.2, 0.25) is 0 Å². The van der Waals surface area contributed by atoms with E-state index in [4.69, 9.17) is 23.8 Å². The van der Waals surface area contributed by atoms with Crippen molar-refractivity contribution in [1.82, 2.24) is 0 Å². The third-order valence-electron chi connectivity index (χ3n) is 2.49. The van der Waals surface area contributed by atoms with Crippen molar-refractivity contribution in [3.63, 3.8) is 0 Å². The minimum absolute atomic E-state index is 0.0690. The Bertz CT molecular complexity index is 712. The number of nitro groups is 1. The van der Waals surface area contributed by atoms with Crippen molar-refractivity contribution >= 4 is 46.0 Å². The molecule has 0 saturated heterocycles. The molecule has 8 heteroatoms. The van der Waals surface area contributed by atoms with E-state index < -0.39 is 10.7 Å². The predicted octanol–water partition coefficient (Wildman–Crippen LogP) is 4.20. The quantitative estimate of drug-likeness (QED) is 0.503. The van der Waals surface area contributed by atoms with Gasteiger partial charge in [-0.3, -0.25) is 10.1 Å². The summed E-state index contributed by atoms with van der Waals surface area (Å²) in [5.41, 5.74) is 0.513. The van der Waals surface area contributed by atoms with Gasteiger partial charge in [0.05, 0.1) is 10.6 Å². The molecule has 2 N–H and O–H groups in total. The lowest BCUT2D eigenvalue weighted by molar-refractivity contribution is -0.384. The summed E-state index contributed by atoms with van der Waals surface area (Å²) < 4.78 is 13.6. The maximum absolute atomic E-state index is 13.6. The maximum Gasteiger partial charge on any atom is 0.271 e. The average molecular weight is 326 g/mol. The molecule has 0 radical (unpaired) electrons. The van der Waals surface area contributed by atoms with Crippen molar-refractivity contribution in [2.45, 2.75) is 0 Å². The fourth-order valence-electron chi connectivity index (χ4n) is 1.57. The Kier molecular flexibility index (Phi) is 4.66. The molecule has 0 aliphatic rings. The highest BCUT2D eigenvalue weighted by atomic mass is 35.5. The molecule has 0 heterocycles. The highest BCUT2D eigenvalue weighted by Gasteiger charge is 2.08. The van der Waals surface area contributed by atoms with E-state index in [1.807, 2.05) is 0 Å². The number of rotatable bonds is 3. The largest absolute Gasteiger partial charge is 0.332 e. The molecule has 0 fully saturated rings. The molecule has 0 aliphatic carbocycles. The first-order chi connectivity index (χ1) is 9.95. The molecule has 21 heavy (non-hydrogen) atoms. The van der Waals surface area contributed by atoms with E-state index in [2.05, 4.69) is 10.6 Å². The van der Waals surface area contributed by atoms with Crippen molar-refractivity contribution in [3.05, 3.63) is 63.4 Å². The van der Waals surface area contributed by atoms with Crippen LogP contribution < -0.4 is 10.6 Å². The van der Waals surface area contributed by atoms with Gasteiger partial charge in [-0.2, -0.15) is 0 Å². The molecular weight excluding hydrogens is 317 g/mol. The summed E-state index contributed by atoms with van der Waals surface area (Å²) in [4.78, 5) is 10.2. The van der Waals surface area contributed by atoms with E-state index in [0.717, 1.165) is 6.07 Å². The van der Waals surface area contributed by atoms with Gasteiger partial charge in [-0.1, -0.05) is 17.7 Å². The SMILES string of the molecule is O=[N+]([O-])c1cccc(NC(=S)Nc2ccc(Cl)cc2F)c1. The Balaban J connectivity index is 2.08. The number of nitrogens with zero attached hydrogens (tertiary/aromatic N) is 1. The number of nitro benzene ring substituents is 1. The lowest BCUT2D eigenvalue weighted by atomic mass is 10.3. The van der Waals surface area contributed by atoms with Crippen LogP contribution in [0.2, 0.25) is 5.02 Å². The predicted molar refractivity (Wildman–Crippen MR) is 84.3 cm³/mol. The molecule has 2 aromatic carbocycles. The summed E-state index contributed by atoms with van der Waals surface area (Å²) >= 11 is 10.7. The standard InChI is InChI=1S/C13H9ClFN3O2S/c14-8-4-5-12(11(15)6-8)17-13(21)16-9-2-1-3-10(7-9)18(19)20/h1-7H,(H2,16,17,21). The van der Waals surface area contributed by atoms with Crippen LogP contribution >= 0.6 is 23.8 Å². The highest BCUT2D eigenvalue weighted by Crippen LogP contribution is 2.20. The van der Waals surface area contributed by atoms with Crippen molar-refractivity contribution in [1.29, 1.82) is 0 Å². The number of halogens is 2. The van der Waals surface area contributed by atoms with Gasteiger partial charge in [0.25, 0.3) is 5.69 Å². The van der Waals surface area contributed by atoms with Crippen LogP contribution in [0.25, 0.3) is 0 Å². The van der Waals surface area contributed by atoms with Gasteiger partial charge >= 0.3 is 0 Å². The van der Waals surface area contributed by atoms with Gasteiger partial charge < -0.3 is 10.6 Å². The van der Waals surface area contributed by atoms with Crippen LogP contribution in [0.4, 0.5) is 21.5 Å². The summed E-state index contributed by atoms with van der Waals surface area (Å²) in [6, 6.07) is 9.93. The minimum Gasteiger partial charge on any atom is -0.332 e. The van der Waals surface area contributed by atoms with E-state index >= 15 is 0 Å². The molecule has 0 spiro atoms. The van der Waals surface area contributed by atoms with Gasteiger partial charge in [0.1, 0.15) is 5.82 Å². The van der Waals surface area contributed by atoms with Crippen LogP contribution in [-0.2, 0) is 0 Å². The first-order valence-electron chi connectivity index (χ1n) is 5.73. The summed E-state index contributed by atoms with van der Waals surface area (Å²) in [6.45, 7) is 0. The smallest absolute Gasteiger partial charge is 0.271 e. The number of nitrogens with one attached hydrogen (secondary N) is 2. The van der Waals surface area contributed by atoms with Crippen LogP contribution in [0, 0.1) is 15.9 Å².